The van der Waals surface area contributed by atoms with Gasteiger partial charge in [0.15, 0.2) is 0 Å². The van der Waals surface area contributed by atoms with E-state index in [4.69, 9.17) is 9.40 Å². The topological polar surface area (TPSA) is 29.3 Å². The van der Waals surface area contributed by atoms with Gasteiger partial charge in [0.1, 0.15) is 11.2 Å². The van der Waals surface area contributed by atoms with Gasteiger partial charge in [-0.3, -0.25) is 4.98 Å². The van der Waals surface area contributed by atoms with E-state index in [1.54, 1.807) is 0 Å². The summed E-state index contributed by atoms with van der Waals surface area (Å²) in [5.74, 6) is 0.249. The molecule has 2 unspecified atom stereocenters. The Kier molecular flexibility index (Phi) is 7.51. The van der Waals surface area contributed by atoms with Gasteiger partial charge in [-0.05, 0) is 92.0 Å². The molecule has 1 aliphatic carbocycles. The molecule has 286 valence electrons. The molecule has 0 amide bonds. The van der Waals surface area contributed by atoms with E-state index in [0.717, 1.165) is 38.8 Å². The van der Waals surface area contributed by atoms with Crippen LogP contribution in [0.5, 0.6) is 0 Å². The highest BCUT2D eigenvalue weighted by atomic mass is 32.2. The van der Waals surface area contributed by atoms with Crippen molar-refractivity contribution in [1.82, 2.24) is 4.98 Å². The summed E-state index contributed by atoms with van der Waals surface area (Å²) in [7, 11) is 0. The quantitative estimate of drug-likeness (QED) is 0.164. The van der Waals surface area contributed by atoms with Gasteiger partial charge in [0, 0.05) is 55.2 Å². The van der Waals surface area contributed by atoms with Crippen molar-refractivity contribution in [2.45, 2.75) is 94.9 Å². The average molecular weight is 773 g/mol. The van der Waals surface area contributed by atoms with E-state index in [9.17, 15) is 0 Å². The van der Waals surface area contributed by atoms with Crippen LogP contribution < -0.4 is 15.8 Å². The van der Waals surface area contributed by atoms with Gasteiger partial charge in [0.05, 0.1) is 11.7 Å². The average Bonchev–Trinajstić information content (AvgIpc) is 3.74. The third-order valence-corrected chi connectivity index (χ3v) is 14.4. The molecule has 2 aromatic heterocycles. The molecular formula is C53H49BN2OS. The maximum atomic E-state index is 6.99. The van der Waals surface area contributed by atoms with Crippen molar-refractivity contribution in [2.75, 3.05) is 4.90 Å². The van der Waals surface area contributed by atoms with Gasteiger partial charge in [-0.15, -0.1) is 0 Å². The molecule has 5 heterocycles. The van der Waals surface area contributed by atoms with Gasteiger partial charge in [-0.25, -0.2) is 0 Å². The number of anilines is 2. The van der Waals surface area contributed by atoms with Crippen LogP contribution in [0.3, 0.4) is 0 Å². The first-order valence-electron chi connectivity index (χ1n) is 20.9. The number of pyridine rings is 1. The summed E-state index contributed by atoms with van der Waals surface area (Å²) >= 11 is 1.94. The molecule has 4 aliphatic rings. The molecule has 0 bridgehead atoms. The number of benzene rings is 5. The number of para-hydroxylation sites is 2. The fourth-order valence-electron chi connectivity index (χ4n) is 10.1. The van der Waals surface area contributed by atoms with E-state index in [2.05, 4.69) is 170 Å². The first kappa shape index (κ1) is 35.9. The molecule has 3 nitrogen and oxygen atoms in total. The third-order valence-electron chi connectivity index (χ3n) is 13.2. The Morgan fingerprint density at radius 2 is 1.36 bits per heavy atom. The summed E-state index contributed by atoms with van der Waals surface area (Å²) in [5.41, 5.74) is 18.9. The van der Waals surface area contributed by atoms with Gasteiger partial charge in [-0.1, -0.05) is 158 Å². The van der Waals surface area contributed by atoms with Crippen molar-refractivity contribution < 1.29 is 4.42 Å². The fourth-order valence-corrected chi connectivity index (χ4v) is 11.3. The summed E-state index contributed by atoms with van der Waals surface area (Å²) in [5, 5.41) is 2.24. The first-order valence-corrected chi connectivity index (χ1v) is 21.7. The molecule has 0 saturated heterocycles. The van der Waals surface area contributed by atoms with Gasteiger partial charge in [0.25, 0.3) is 0 Å². The molecule has 11 rings (SSSR count). The minimum atomic E-state index is 0.0152. The maximum Gasteiger partial charge on any atom is 0.244 e. The predicted octanol–water partition coefficient (Wildman–Crippen LogP) is 13.1. The number of nitrogens with zero attached hydrogens (tertiary/aromatic N) is 2. The second kappa shape index (κ2) is 12.1. The lowest BCUT2D eigenvalue weighted by atomic mass is 9.32. The Bertz CT molecular complexity index is 2950. The molecule has 0 fully saturated rings. The second-order valence-electron chi connectivity index (χ2n) is 20.0. The monoisotopic (exact) mass is 772 g/mol. The van der Waals surface area contributed by atoms with Crippen molar-refractivity contribution in [1.29, 1.82) is 0 Å². The van der Waals surface area contributed by atoms with Crippen LogP contribution in [0.1, 0.15) is 84.9 Å². The predicted molar refractivity (Wildman–Crippen MR) is 246 cm³/mol. The fraction of sp³-hybridized carbons (Fsp3) is 0.264. The lowest BCUT2D eigenvalue weighted by Gasteiger charge is -2.46. The lowest BCUT2D eigenvalue weighted by Crippen LogP contribution is -2.59. The van der Waals surface area contributed by atoms with Gasteiger partial charge >= 0.3 is 0 Å². The lowest BCUT2D eigenvalue weighted by molar-refractivity contribution is 0.505. The van der Waals surface area contributed by atoms with E-state index in [-0.39, 0.29) is 34.9 Å². The number of hydrogen-bond acceptors (Lipinski definition) is 4. The molecule has 7 aromatic rings. The maximum absolute atomic E-state index is 6.99. The van der Waals surface area contributed by atoms with Crippen molar-refractivity contribution in [3.05, 3.63) is 149 Å². The molecule has 5 aromatic carbocycles. The zero-order valence-corrected chi connectivity index (χ0v) is 35.8. The first-order chi connectivity index (χ1) is 27.6. The summed E-state index contributed by atoms with van der Waals surface area (Å²) in [6, 6.07) is 38.9. The summed E-state index contributed by atoms with van der Waals surface area (Å²) in [6.45, 7) is 21.3. The number of aromatic nitrogens is 1. The molecular weight excluding hydrogens is 723 g/mol. The molecule has 5 heteroatoms. The minimum absolute atomic E-state index is 0.0152. The minimum Gasteiger partial charge on any atom is -0.455 e. The van der Waals surface area contributed by atoms with Crippen molar-refractivity contribution >= 4 is 62.7 Å². The zero-order valence-electron chi connectivity index (χ0n) is 35.0. The van der Waals surface area contributed by atoms with Crippen LogP contribution in [-0.4, -0.2) is 17.7 Å². The van der Waals surface area contributed by atoms with Crippen LogP contribution in [0.2, 0.25) is 0 Å². The third kappa shape index (κ3) is 5.24. The Morgan fingerprint density at radius 3 is 2.07 bits per heavy atom. The summed E-state index contributed by atoms with van der Waals surface area (Å²) in [4.78, 5) is 10.1. The molecule has 0 spiro atoms. The van der Waals surface area contributed by atoms with Crippen LogP contribution in [0.4, 0.5) is 11.4 Å². The van der Waals surface area contributed by atoms with E-state index >= 15 is 0 Å². The summed E-state index contributed by atoms with van der Waals surface area (Å²) < 4.78 is 6.99. The van der Waals surface area contributed by atoms with Crippen LogP contribution >= 0.6 is 11.8 Å². The zero-order chi connectivity index (χ0) is 40.0. The Labute approximate surface area is 347 Å². The number of hydrogen-bond donors (Lipinski definition) is 0. The van der Waals surface area contributed by atoms with Crippen molar-refractivity contribution in [3.63, 3.8) is 0 Å². The largest absolute Gasteiger partial charge is 0.455 e. The SMILES string of the molecule is CC(C)(C)C1=CC2c3cc(C(C)(C)C)ccc3N3c4cc(-c5cccc6c5oc5c(-c7ccccn7)cccc56)cc5c4B(C(=C1)C23)c1cc(C(C)(C)C)ccc1S5. The van der Waals surface area contributed by atoms with Gasteiger partial charge < -0.3 is 9.32 Å². The van der Waals surface area contributed by atoms with Gasteiger partial charge in [0.2, 0.25) is 6.71 Å². The van der Waals surface area contributed by atoms with Crippen LogP contribution in [-0.2, 0) is 10.8 Å². The number of furan rings is 1. The van der Waals surface area contributed by atoms with E-state index in [1.807, 2.05) is 30.1 Å². The molecule has 3 aliphatic heterocycles. The molecule has 58 heavy (non-hydrogen) atoms. The number of fused-ring (bicyclic) bond motifs is 10. The van der Waals surface area contributed by atoms with E-state index in [1.165, 1.54) is 65.4 Å². The van der Waals surface area contributed by atoms with Crippen molar-refractivity contribution in [3.8, 4) is 22.4 Å². The Morgan fingerprint density at radius 1 is 0.655 bits per heavy atom. The Balaban J connectivity index is 1.20. The smallest absolute Gasteiger partial charge is 0.244 e. The normalized spacial score (nSPS) is 18.2. The summed E-state index contributed by atoms with van der Waals surface area (Å²) in [6.07, 6.45) is 7.08. The number of rotatable bonds is 2. The molecule has 0 radical (unpaired) electrons. The standard InChI is InChI=1S/C53H49BN2OS/c1-51(2,3)31-19-21-43-38(26-31)39-27-33(53(7,8)9)29-41-48(39)56(43)44-24-30(25-46-47(44)54(41)40-28-32(52(4,5)6)20-22-45(40)58-46)34-14-12-15-35-36-16-13-17-37(50(36)57-49(34)35)42-18-10-11-23-55-42/h10-29,39,48H,1-9H3. The highest BCUT2D eigenvalue weighted by molar-refractivity contribution is 8.00. The van der Waals surface area contributed by atoms with Gasteiger partial charge in [-0.2, -0.15) is 0 Å². The van der Waals surface area contributed by atoms with Crippen LogP contribution in [0.15, 0.2) is 147 Å². The van der Waals surface area contributed by atoms with E-state index < -0.39 is 0 Å². The van der Waals surface area contributed by atoms with Crippen molar-refractivity contribution in [2.24, 2.45) is 5.41 Å². The highest BCUT2D eigenvalue weighted by Gasteiger charge is 2.53. The van der Waals surface area contributed by atoms with E-state index in [0.29, 0.717) is 0 Å². The Hall–Kier alpha value is -5.26. The number of allylic oxidation sites excluding steroid dienone is 2. The highest BCUT2D eigenvalue weighted by Crippen LogP contribution is 2.57. The molecule has 0 N–H and O–H groups in total. The second-order valence-corrected chi connectivity index (χ2v) is 21.1. The molecule has 0 saturated carbocycles. The van der Waals surface area contributed by atoms with Crippen LogP contribution in [0, 0.1) is 5.41 Å². The van der Waals surface area contributed by atoms with Crippen LogP contribution in [0.25, 0.3) is 44.3 Å². The molecule has 2 atom stereocenters.